The largest absolute Gasteiger partial charge is 0.456 e. The van der Waals surface area contributed by atoms with Gasteiger partial charge in [0.2, 0.25) is 0 Å². The third kappa shape index (κ3) is 4.38. The zero-order valence-corrected chi connectivity index (χ0v) is 27.6. The van der Waals surface area contributed by atoms with Crippen molar-refractivity contribution in [2.75, 3.05) is 0 Å². The van der Waals surface area contributed by atoms with Gasteiger partial charge in [-0.05, 0) is 57.9 Å². The Kier molecular flexibility index (Phi) is 6.15. The van der Waals surface area contributed by atoms with E-state index in [1.54, 1.807) is 0 Å². The van der Waals surface area contributed by atoms with E-state index in [0.717, 1.165) is 93.4 Å². The number of aromatic nitrogens is 4. The van der Waals surface area contributed by atoms with E-state index in [0.29, 0.717) is 17.5 Å². The number of benzene rings is 7. The summed E-state index contributed by atoms with van der Waals surface area (Å²) in [6.45, 7) is 0. The Balaban J connectivity index is 1.15. The van der Waals surface area contributed by atoms with E-state index in [-0.39, 0.29) is 0 Å². The van der Waals surface area contributed by atoms with Gasteiger partial charge in [0.15, 0.2) is 17.5 Å². The van der Waals surface area contributed by atoms with Gasteiger partial charge in [-0.15, -0.1) is 0 Å². The van der Waals surface area contributed by atoms with Gasteiger partial charge >= 0.3 is 0 Å². The van der Waals surface area contributed by atoms with Crippen molar-refractivity contribution < 1.29 is 8.83 Å². The zero-order valence-electron chi connectivity index (χ0n) is 27.6. The molecule has 0 amide bonds. The van der Waals surface area contributed by atoms with Gasteiger partial charge in [0.05, 0.1) is 11.1 Å². The van der Waals surface area contributed by atoms with Crippen LogP contribution in [0.1, 0.15) is 0 Å². The van der Waals surface area contributed by atoms with Crippen molar-refractivity contribution in [3.8, 4) is 45.4 Å². The van der Waals surface area contributed by atoms with Crippen LogP contribution in [0.25, 0.3) is 111 Å². The minimum atomic E-state index is 0.581. The van der Waals surface area contributed by atoms with Crippen LogP contribution in [0.4, 0.5) is 0 Å². The smallest absolute Gasteiger partial charge is 0.164 e. The van der Waals surface area contributed by atoms with E-state index in [9.17, 15) is 0 Å². The zero-order chi connectivity index (χ0) is 34.2. The Morgan fingerprint density at radius 2 is 0.981 bits per heavy atom. The van der Waals surface area contributed by atoms with Gasteiger partial charge in [-0.3, -0.25) is 4.98 Å². The molecule has 11 rings (SSSR count). The fourth-order valence-electron chi connectivity index (χ4n) is 7.61. The first kappa shape index (κ1) is 28.6. The summed E-state index contributed by atoms with van der Waals surface area (Å²) < 4.78 is 12.7. The molecule has 6 nitrogen and oxygen atoms in total. The Bertz CT molecular complexity index is 3200. The van der Waals surface area contributed by atoms with Crippen LogP contribution < -0.4 is 0 Å². The summed E-state index contributed by atoms with van der Waals surface area (Å²) in [5.74, 6) is 1.77. The summed E-state index contributed by atoms with van der Waals surface area (Å²) >= 11 is 0. The fraction of sp³-hybridized carbons (Fsp3) is 0. The SMILES string of the molecule is c1ccc(-c2nc(-c3ccc(-c4nccc5oc6cc7ccccc7cc6c45)c4ccccc34)nc(-c3cccc4oc5ccccc5c34)n2)cc1. The minimum absolute atomic E-state index is 0.581. The topological polar surface area (TPSA) is 77.8 Å². The lowest BCUT2D eigenvalue weighted by Crippen LogP contribution is -2.01. The van der Waals surface area contributed by atoms with Crippen LogP contribution >= 0.6 is 0 Å². The molecule has 242 valence electrons. The molecule has 0 radical (unpaired) electrons. The second-order valence-electron chi connectivity index (χ2n) is 13.0. The van der Waals surface area contributed by atoms with Crippen molar-refractivity contribution >= 4 is 65.4 Å². The maximum Gasteiger partial charge on any atom is 0.164 e. The van der Waals surface area contributed by atoms with Crippen LogP contribution in [0.2, 0.25) is 0 Å². The van der Waals surface area contributed by atoms with Crippen molar-refractivity contribution in [1.82, 2.24) is 19.9 Å². The second-order valence-corrected chi connectivity index (χ2v) is 13.0. The molecule has 0 saturated heterocycles. The number of fused-ring (bicyclic) bond motifs is 8. The van der Waals surface area contributed by atoms with Crippen LogP contribution in [-0.2, 0) is 0 Å². The monoisotopic (exact) mass is 666 g/mol. The van der Waals surface area contributed by atoms with Crippen LogP contribution in [0.3, 0.4) is 0 Å². The Labute approximate surface area is 296 Å². The molecule has 4 aromatic heterocycles. The summed E-state index contributed by atoms with van der Waals surface area (Å²) in [6.07, 6.45) is 1.83. The van der Waals surface area contributed by atoms with E-state index >= 15 is 0 Å². The summed E-state index contributed by atoms with van der Waals surface area (Å²) in [4.78, 5) is 20.4. The molecule has 7 aromatic carbocycles. The highest BCUT2D eigenvalue weighted by molar-refractivity contribution is 6.17. The van der Waals surface area contributed by atoms with E-state index < -0.39 is 0 Å². The summed E-state index contributed by atoms with van der Waals surface area (Å²) in [6, 6.07) is 51.5. The predicted octanol–water partition coefficient (Wildman–Crippen LogP) is 12.0. The van der Waals surface area contributed by atoms with E-state index in [1.807, 2.05) is 72.9 Å². The predicted molar refractivity (Wildman–Crippen MR) is 209 cm³/mol. The quantitative estimate of drug-likeness (QED) is 0.186. The van der Waals surface area contributed by atoms with Crippen LogP contribution in [0.15, 0.2) is 167 Å². The van der Waals surface area contributed by atoms with E-state index in [2.05, 4.69) is 84.9 Å². The Morgan fingerprint density at radius 1 is 0.365 bits per heavy atom. The molecule has 0 fully saturated rings. The van der Waals surface area contributed by atoms with Crippen LogP contribution in [0, 0.1) is 0 Å². The number of furan rings is 2. The second kappa shape index (κ2) is 11.2. The molecule has 0 spiro atoms. The van der Waals surface area contributed by atoms with Gasteiger partial charge in [0.25, 0.3) is 0 Å². The molecular weight excluding hydrogens is 641 g/mol. The molecule has 0 aliphatic heterocycles. The first-order valence-electron chi connectivity index (χ1n) is 17.2. The Morgan fingerprint density at radius 3 is 1.83 bits per heavy atom. The van der Waals surface area contributed by atoms with E-state index in [4.69, 9.17) is 28.8 Å². The normalized spacial score (nSPS) is 11.8. The number of hydrogen-bond acceptors (Lipinski definition) is 6. The van der Waals surface area contributed by atoms with Gasteiger partial charge < -0.3 is 8.83 Å². The molecule has 0 unspecified atom stereocenters. The van der Waals surface area contributed by atoms with Gasteiger partial charge in [0.1, 0.15) is 22.3 Å². The first-order valence-corrected chi connectivity index (χ1v) is 17.2. The highest BCUT2D eigenvalue weighted by Crippen LogP contribution is 2.42. The Hall–Kier alpha value is -7.18. The third-order valence-electron chi connectivity index (χ3n) is 9.98. The highest BCUT2D eigenvalue weighted by Gasteiger charge is 2.21. The molecule has 11 aromatic rings. The van der Waals surface area contributed by atoms with Crippen molar-refractivity contribution in [3.63, 3.8) is 0 Å². The molecule has 0 aliphatic rings. The summed E-state index contributed by atoms with van der Waals surface area (Å²) in [7, 11) is 0. The summed E-state index contributed by atoms with van der Waals surface area (Å²) in [5, 5.41) is 8.40. The number of rotatable bonds is 4. The molecule has 4 heterocycles. The van der Waals surface area contributed by atoms with Crippen LogP contribution in [0.5, 0.6) is 0 Å². The van der Waals surface area contributed by atoms with Crippen molar-refractivity contribution in [1.29, 1.82) is 0 Å². The van der Waals surface area contributed by atoms with Gasteiger partial charge in [-0.1, -0.05) is 115 Å². The minimum Gasteiger partial charge on any atom is -0.456 e. The molecule has 0 atom stereocenters. The molecule has 6 heteroatoms. The number of para-hydroxylation sites is 1. The lowest BCUT2D eigenvalue weighted by atomic mass is 9.95. The van der Waals surface area contributed by atoms with Crippen molar-refractivity contribution in [3.05, 3.63) is 158 Å². The lowest BCUT2D eigenvalue weighted by molar-refractivity contribution is 0.668. The first-order chi connectivity index (χ1) is 25.8. The number of hydrogen-bond donors (Lipinski definition) is 0. The van der Waals surface area contributed by atoms with E-state index in [1.165, 1.54) is 0 Å². The molecule has 0 aliphatic carbocycles. The molecule has 52 heavy (non-hydrogen) atoms. The lowest BCUT2D eigenvalue weighted by Gasteiger charge is -2.13. The standard InChI is InChI=1S/C46H26N4O2/c1-2-11-27(12-3-1)44-48-45(50-46(49-44)35-18-10-20-38-41(35)34-17-8-9-19-37(34)51-38)33-22-21-32(30-15-6-7-16-31(30)33)43-42-36-25-28-13-4-5-14-29(28)26-40(36)52-39(42)23-24-47-43/h1-26H. The molecule has 0 bridgehead atoms. The van der Waals surface area contributed by atoms with Gasteiger partial charge in [0, 0.05) is 44.6 Å². The number of nitrogens with zero attached hydrogens (tertiary/aromatic N) is 4. The third-order valence-corrected chi connectivity index (χ3v) is 9.98. The summed E-state index contributed by atoms with van der Waals surface area (Å²) in [5.41, 5.74) is 7.84. The maximum absolute atomic E-state index is 6.42. The average molecular weight is 667 g/mol. The molecular formula is C46H26N4O2. The van der Waals surface area contributed by atoms with Crippen molar-refractivity contribution in [2.24, 2.45) is 0 Å². The van der Waals surface area contributed by atoms with Crippen LogP contribution in [-0.4, -0.2) is 19.9 Å². The maximum atomic E-state index is 6.42. The average Bonchev–Trinajstić information content (AvgIpc) is 3.78. The van der Waals surface area contributed by atoms with Crippen molar-refractivity contribution in [2.45, 2.75) is 0 Å². The highest BCUT2D eigenvalue weighted by atomic mass is 16.3. The van der Waals surface area contributed by atoms with Gasteiger partial charge in [-0.2, -0.15) is 0 Å². The molecule has 0 saturated carbocycles. The number of pyridine rings is 1. The molecule has 0 N–H and O–H groups in total. The van der Waals surface area contributed by atoms with Gasteiger partial charge in [-0.25, -0.2) is 15.0 Å². The fourth-order valence-corrected chi connectivity index (χ4v) is 7.61.